The molecular weight excluding hydrogens is 339 g/mol. The number of nitriles is 1. The van der Waals surface area contributed by atoms with Crippen LogP contribution in [0.3, 0.4) is 0 Å². The largest absolute Gasteiger partial charge is 0.508 e. The van der Waals surface area contributed by atoms with Gasteiger partial charge in [0.05, 0.1) is 17.5 Å². The van der Waals surface area contributed by atoms with E-state index in [1.165, 1.54) is 6.07 Å². The highest BCUT2D eigenvalue weighted by molar-refractivity contribution is 5.89. The molecule has 2 unspecified atom stereocenters. The van der Waals surface area contributed by atoms with E-state index in [0.29, 0.717) is 5.56 Å². The lowest BCUT2D eigenvalue weighted by Gasteiger charge is -2.33. The lowest BCUT2D eigenvalue weighted by atomic mass is 9.69. The summed E-state index contributed by atoms with van der Waals surface area (Å²) in [4.78, 5) is 0. The van der Waals surface area contributed by atoms with Crippen LogP contribution in [0.1, 0.15) is 55.3 Å². The van der Waals surface area contributed by atoms with E-state index in [9.17, 15) is 14.8 Å². The number of fused-ring (bicyclic) bond motifs is 1. The fraction of sp³-hybridized carbons (Fsp3) is 0.348. The van der Waals surface area contributed by atoms with E-state index in [4.69, 9.17) is 0 Å². The number of phenols is 1. The third kappa shape index (κ3) is 2.70. The Morgan fingerprint density at radius 1 is 1.19 bits per heavy atom. The van der Waals surface area contributed by atoms with Gasteiger partial charge in [-0.05, 0) is 73.2 Å². The molecule has 1 heterocycles. The van der Waals surface area contributed by atoms with Crippen molar-refractivity contribution < 1.29 is 9.50 Å². The Kier molecular flexibility index (Phi) is 4.19. The second kappa shape index (κ2) is 6.42. The molecule has 4 rings (SSSR count). The van der Waals surface area contributed by atoms with Crippen molar-refractivity contribution in [1.82, 2.24) is 4.57 Å². The van der Waals surface area contributed by atoms with Crippen LogP contribution >= 0.6 is 0 Å². The van der Waals surface area contributed by atoms with E-state index in [1.54, 1.807) is 25.1 Å². The molecule has 2 atom stereocenters. The standard InChI is InChI=1S/C23H23FN2O/c1-13(2)23-22(18-7-4-15(18)12-25)19-11-17(27)6-9-21(19)26(23)16-5-8-20(24)14(3)10-16/h5-6,8-11,13,15,18,27H,4,7H2,1-3H3. The van der Waals surface area contributed by atoms with Crippen LogP contribution in [0.25, 0.3) is 16.6 Å². The summed E-state index contributed by atoms with van der Waals surface area (Å²) in [6.45, 7) is 6.05. The van der Waals surface area contributed by atoms with Gasteiger partial charge in [0, 0.05) is 22.7 Å². The van der Waals surface area contributed by atoms with Crippen molar-refractivity contribution in [2.45, 2.75) is 45.4 Å². The Hall–Kier alpha value is -2.80. The minimum absolute atomic E-state index is 0.0128. The third-order valence-corrected chi connectivity index (χ3v) is 5.79. The summed E-state index contributed by atoms with van der Waals surface area (Å²) < 4.78 is 16.0. The quantitative estimate of drug-likeness (QED) is 0.628. The summed E-state index contributed by atoms with van der Waals surface area (Å²) in [5.41, 5.74) is 4.80. The summed E-state index contributed by atoms with van der Waals surface area (Å²) in [5.74, 6) is 0.417. The van der Waals surface area contributed by atoms with Crippen LogP contribution in [0.2, 0.25) is 0 Å². The number of benzene rings is 2. The fourth-order valence-electron chi connectivity index (χ4n) is 4.33. The molecule has 1 fully saturated rings. The molecule has 1 aliphatic rings. The monoisotopic (exact) mass is 362 g/mol. The number of halogens is 1. The first-order valence-electron chi connectivity index (χ1n) is 9.45. The molecule has 0 spiro atoms. The van der Waals surface area contributed by atoms with Gasteiger partial charge in [-0.3, -0.25) is 0 Å². The molecule has 138 valence electrons. The zero-order valence-electron chi connectivity index (χ0n) is 15.8. The smallest absolute Gasteiger partial charge is 0.126 e. The minimum Gasteiger partial charge on any atom is -0.508 e. The van der Waals surface area contributed by atoms with Gasteiger partial charge in [0.15, 0.2) is 0 Å². The Morgan fingerprint density at radius 2 is 1.96 bits per heavy atom. The second-order valence-electron chi connectivity index (χ2n) is 7.84. The molecule has 0 saturated heterocycles. The molecule has 4 heteroatoms. The average molecular weight is 362 g/mol. The average Bonchev–Trinajstić information content (AvgIpc) is 2.91. The molecule has 2 aromatic carbocycles. The van der Waals surface area contributed by atoms with Crippen LogP contribution < -0.4 is 0 Å². The molecule has 0 aliphatic heterocycles. The van der Waals surface area contributed by atoms with Crippen LogP contribution in [-0.4, -0.2) is 9.67 Å². The van der Waals surface area contributed by atoms with Crippen molar-refractivity contribution in [1.29, 1.82) is 5.26 Å². The molecule has 0 radical (unpaired) electrons. The van der Waals surface area contributed by atoms with Gasteiger partial charge in [0.25, 0.3) is 0 Å². The highest BCUT2D eigenvalue weighted by atomic mass is 19.1. The van der Waals surface area contributed by atoms with E-state index in [-0.39, 0.29) is 29.3 Å². The predicted molar refractivity (Wildman–Crippen MR) is 105 cm³/mol. The number of aromatic nitrogens is 1. The maximum Gasteiger partial charge on any atom is 0.126 e. The lowest BCUT2D eigenvalue weighted by Crippen LogP contribution is -2.23. The molecule has 27 heavy (non-hydrogen) atoms. The highest BCUT2D eigenvalue weighted by Crippen LogP contribution is 2.49. The molecule has 0 amide bonds. The first-order valence-corrected chi connectivity index (χ1v) is 9.45. The van der Waals surface area contributed by atoms with Crippen LogP contribution in [0, 0.1) is 30.0 Å². The molecule has 3 nitrogen and oxygen atoms in total. The van der Waals surface area contributed by atoms with Crippen LogP contribution in [-0.2, 0) is 0 Å². The molecule has 3 aromatic rings. The van der Waals surface area contributed by atoms with Gasteiger partial charge < -0.3 is 9.67 Å². The maximum atomic E-state index is 13.9. The number of phenolic OH excluding ortho intramolecular Hbond substituents is 1. The zero-order valence-corrected chi connectivity index (χ0v) is 15.8. The van der Waals surface area contributed by atoms with E-state index >= 15 is 0 Å². The van der Waals surface area contributed by atoms with E-state index in [1.807, 2.05) is 12.1 Å². The highest BCUT2D eigenvalue weighted by Gasteiger charge is 2.37. The van der Waals surface area contributed by atoms with Crippen LogP contribution in [0.5, 0.6) is 5.75 Å². The van der Waals surface area contributed by atoms with Crippen LogP contribution in [0.15, 0.2) is 36.4 Å². The van der Waals surface area contributed by atoms with E-state index < -0.39 is 0 Å². The van der Waals surface area contributed by atoms with Gasteiger partial charge >= 0.3 is 0 Å². The third-order valence-electron chi connectivity index (χ3n) is 5.79. The topological polar surface area (TPSA) is 49.0 Å². The number of aromatic hydroxyl groups is 1. The first-order chi connectivity index (χ1) is 12.9. The number of rotatable bonds is 3. The van der Waals surface area contributed by atoms with Crippen molar-refractivity contribution in [2.24, 2.45) is 5.92 Å². The Bertz CT molecular complexity index is 1070. The number of aryl methyl sites for hydroxylation is 1. The number of hydrogen-bond donors (Lipinski definition) is 1. The molecule has 1 saturated carbocycles. The van der Waals surface area contributed by atoms with Crippen molar-refractivity contribution in [3.63, 3.8) is 0 Å². The van der Waals surface area contributed by atoms with Crippen molar-refractivity contribution in [3.05, 3.63) is 59.0 Å². The van der Waals surface area contributed by atoms with E-state index in [2.05, 4.69) is 24.5 Å². The molecule has 1 aliphatic carbocycles. The van der Waals surface area contributed by atoms with Gasteiger partial charge in [-0.1, -0.05) is 13.8 Å². The number of hydrogen-bond acceptors (Lipinski definition) is 2. The lowest BCUT2D eigenvalue weighted by molar-refractivity contribution is 0.324. The van der Waals surface area contributed by atoms with Crippen molar-refractivity contribution in [3.8, 4) is 17.5 Å². The summed E-state index contributed by atoms with van der Waals surface area (Å²) in [5, 5.41) is 20.6. The predicted octanol–water partition coefficient (Wildman–Crippen LogP) is 5.92. The molecule has 0 bridgehead atoms. The van der Waals surface area contributed by atoms with Gasteiger partial charge in [0.2, 0.25) is 0 Å². The maximum absolute atomic E-state index is 13.9. The summed E-state index contributed by atoms with van der Waals surface area (Å²) in [6, 6.07) is 13.0. The SMILES string of the molecule is Cc1cc(-n2c(C(C)C)c(C3CCC3C#N)c3cc(O)ccc32)ccc1F. The van der Waals surface area contributed by atoms with Gasteiger partial charge in [-0.2, -0.15) is 5.26 Å². The Morgan fingerprint density at radius 3 is 2.56 bits per heavy atom. The fourth-order valence-corrected chi connectivity index (χ4v) is 4.33. The van der Waals surface area contributed by atoms with Crippen LogP contribution in [0.4, 0.5) is 4.39 Å². The van der Waals surface area contributed by atoms with Crippen molar-refractivity contribution in [2.75, 3.05) is 0 Å². The molecule has 1 aromatic heterocycles. The Labute approximate surface area is 158 Å². The first kappa shape index (κ1) is 17.6. The minimum atomic E-state index is -0.220. The molecular formula is C23H23FN2O. The van der Waals surface area contributed by atoms with E-state index in [0.717, 1.165) is 40.7 Å². The summed E-state index contributed by atoms with van der Waals surface area (Å²) >= 11 is 0. The van der Waals surface area contributed by atoms with Gasteiger partial charge in [-0.15, -0.1) is 0 Å². The summed E-state index contributed by atoms with van der Waals surface area (Å²) in [7, 11) is 0. The number of nitrogens with zero attached hydrogens (tertiary/aromatic N) is 2. The second-order valence-corrected chi connectivity index (χ2v) is 7.84. The summed E-state index contributed by atoms with van der Waals surface area (Å²) in [6.07, 6.45) is 1.90. The van der Waals surface area contributed by atoms with Crippen molar-refractivity contribution >= 4 is 10.9 Å². The Balaban J connectivity index is 2.07. The normalized spacial score (nSPS) is 19.3. The molecule has 1 N–H and O–H groups in total. The van der Waals surface area contributed by atoms with Gasteiger partial charge in [0.1, 0.15) is 11.6 Å². The zero-order chi connectivity index (χ0) is 19.3. The van der Waals surface area contributed by atoms with Gasteiger partial charge in [-0.25, -0.2) is 4.39 Å².